The molecular weight excluding hydrogens is 296 g/mol. The highest BCUT2D eigenvalue weighted by Crippen LogP contribution is 2.31. The Labute approximate surface area is 134 Å². The average Bonchev–Trinajstić information content (AvgIpc) is 2.92. The second kappa shape index (κ2) is 6.30. The Balaban J connectivity index is 2.10. The van der Waals surface area contributed by atoms with Gasteiger partial charge in [-0.05, 0) is 36.8 Å². The van der Waals surface area contributed by atoms with E-state index >= 15 is 0 Å². The fourth-order valence-corrected chi connectivity index (χ4v) is 2.50. The van der Waals surface area contributed by atoms with E-state index in [-0.39, 0.29) is 6.04 Å². The topological polar surface area (TPSA) is 56.7 Å². The first-order valence-corrected chi connectivity index (χ1v) is 7.50. The standard InChI is InChI=1S/C17H17ClN4/c1-12(19)10-22-11-16(13-6-8-20-9-7-13)17(21-22)14-2-4-15(18)5-3-14/h2-9,11-12H,10,19H2,1H3. The van der Waals surface area contributed by atoms with Gasteiger partial charge in [0.1, 0.15) is 5.69 Å². The third-order valence-electron chi connectivity index (χ3n) is 3.35. The molecule has 0 aliphatic carbocycles. The number of rotatable bonds is 4. The van der Waals surface area contributed by atoms with E-state index in [4.69, 9.17) is 22.4 Å². The van der Waals surface area contributed by atoms with Gasteiger partial charge in [0.05, 0.1) is 6.54 Å². The summed E-state index contributed by atoms with van der Waals surface area (Å²) in [6, 6.07) is 11.7. The zero-order valence-corrected chi connectivity index (χ0v) is 13.0. The van der Waals surface area contributed by atoms with Gasteiger partial charge in [0.25, 0.3) is 0 Å². The van der Waals surface area contributed by atoms with Crippen LogP contribution in [0.3, 0.4) is 0 Å². The normalized spacial score (nSPS) is 12.3. The van der Waals surface area contributed by atoms with Gasteiger partial charge in [-0.25, -0.2) is 0 Å². The molecule has 0 saturated carbocycles. The Morgan fingerprint density at radius 2 is 1.77 bits per heavy atom. The maximum Gasteiger partial charge on any atom is 0.100 e. The maximum atomic E-state index is 5.98. The summed E-state index contributed by atoms with van der Waals surface area (Å²) in [5, 5.41) is 5.41. The second-order valence-corrected chi connectivity index (χ2v) is 5.77. The van der Waals surface area contributed by atoms with Crippen LogP contribution in [0.15, 0.2) is 55.0 Å². The highest BCUT2D eigenvalue weighted by molar-refractivity contribution is 6.30. The van der Waals surface area contributed by atoms with Crippen molar-refractivity contribution in [3.8, 4) is 22.4 Å². The first-order chi connectivity index (χ1) is 10.6. The molecule has 0 aliphatic rings. The van der Waals surface area contributed by atoms with E-state index in [9.17, 15) is 0 Å². The molecule has 2 aromatic heterocycles. The van der Waals surface area contributed by atoms with Crippen molar-refractivity contribution in [3.05, 3.63) is 60.0 Å². The van der Waals surface area contributed by atoms with Crippen LogP contribution >= 0.6 is 11.6 Å². The zero-order valence-electron chi connectivity index (χ0n) is 12.3. The number of nitrogens with two attached hydrogens (primary N) is 1. The molecule has 0 amide bonds. The van der Waals surface area contributed by atoms with Crippen molar-refractivity contribution in [2.45, 2.75) is 19.5 Å². The highest BCUT2D eigenvalue weighted by atomic mass is 35.5. The minimum absolute atomic E-state index is 0.0447. The smallest absolute Gasteiger partial charge is 0.100 e. The third-order valence-corrected chi connectivity index (χ3v) is 3.60. The van der Waals surface area contributed by atoms with Crippen LogP contribution in [0.5, 0.6) is 0 Å². The predicted molar refractivity (Wildman–Crippen MR) is 89.6 cm³/mol. The lowest BCUT2D eigenvalue weighted by atomic mass is 10.0. The van der Waals surface area contributed by atoms with Crippen molar-refractivity contribution in [1.29, 1.82) is 0 Å². The number of pyridine rings is 1. The Kier molecular flexibility index (Phi) is 4.22. The highest BCUT2D eigenvalue weighted by Gasteiger charge is 2.13. The molecule has 4 nitrogen and oxygen atoms in total. The molecule has 2 N–H and O–H groups in total. The van der Waals surface area contributed by atoms with Crippen molar-refractivity contribution < 1.29 is 0 Å². The van der Waals surface area contributed by atoms with E-state index < -0.39 is 0 Å². The molecule has 1 atom stereocenters. The van der Waals surface area contributed by atoms with Crippen LogP contribution < -0.4 is 5.73 Å². The summed E-state index contributed by atoms with van der Waals surface area (Å²) in [7, 11) is 0. The largest absolute Gasteiger partial charge is 0.326 e. The molecule has 22 heavy (non-hydrogen) atoms. The van der Waals surface area contributed by atoms with Crippen LogP contribution in [0.2, 0.25) is 5.02 Å². The Morgan fingerprint density at radius 3 is 2.41 bits per heavy atom. The lowest BCUT2D eigenvalue weighted by Gasteiger charge is -2.04. The molecular formula is C17H17ClN4. The van der Waals surface area contributed by atoms with Crippen molar-refractivity contribution >= 4 is 11.6 Å². The van der Waals surface area contributed by atoms with Gasteiger partial charge in [-0.1, -0.05) is 23.7 Å². The quantitative estimate of drug-likeness (QED) is 0.800. The molecule has 0 fully saturated rings. The Hall–Kier alpha value is -2.17. The maximum absolute atomic E-state index is 5.98. The summed E-state index contributed by atoms with van der Waals surface area (Å²) in [5.74, 6) is 0. The molecule has 5 heteroatoms. The molecule has 0 saturated heterocycles. The predicted octanol–water partition coefficient (Wildman–Crippen LogP) is 3.61. The zero-order chi connectivity index (χ0) is 15.5. The van der Waals surface area contributed by atoms with E-state index in [1.807, 2.05) is 54.2 Å². The lowest BCUT2D eigenvalue weighted by Crippen LogP contribution is -2.22. The van der Waals surface area contributed by atoms with E-state index in [1.165, 1.54) is 0 Å². The van der Waals surface area contributed by atoms with Crippen molar-refractivity contribution in [1.82, 2.24) is 14.8 Å². The summed E-state index contributed by atoms with van der Waals surface area (Å²) in [5.41, 5.74) is 9.98. The van der Waals surface area contributed by atoms with Gasteiger partial charge in [-0.2, -0.15) is 5.10 Å². The molecule has 112 valence electrons. The van der Waals surface area contributed by atoms with Gasteiger partial charge in [0.2, 0.25) is 0 Å². The lowest BCUT2D eigenvalue weighted by molar-refractivity contribution is 0.540. The molecule has 0 aliphatic heterocycles. The second-order valence-electron chi connectivity index (χ2n) is 5.33. The molecule has 3 aromatic rings. The van der Waals surface area contributed by atoms with Crippen molar-refractivity contribution in [2.75, 3.05) is 0 Å². The van der Waals surface area contributed by atoms with Crippen LogP contribution in [0.1, 0.15) is 6.92 Å². The molecule has 0 bridgehead atoms. The molecule has 1 unspecified atom stereocenters. The molecule has 0 radical (unpaired) electrons. The summed E-state index contributed by atoms with van der Waals surface area (Å²) in [6.07, 6.45) is 5.59. The van der Waals surface area contributed by atoms with Crippen LogP contribution in [0, 0.1) is 0 Å². The SMILES string of the molecule is CC(N)Cn1cc(-c2ccncc2)c(-c2ccc(Cl)cc2)n1. The van der Waals surface area contributed by atoms with E-state index in [2.05, 4.69) is 4.98 Å². The van der Waals surface area contributed by atoms with Gasteiger partial charge < -0.3 is 5.73 Å². The number of hydrogen-bond donors (Lipinski definition) is 1. The molecule has 2 heterocycles. The van der Waals surface area contributed by atoms with Crippen molar-refractivity contribution in [3.63, 3.8) is 0 Å². The van der Waals surface area contributed by atoms with Crippen LogP contribution in [-0.2, 0) is 6.54 Å². The van der Waals surface area contributed by atoms with Gasteiger partial charge in [0.15, 0.2) is 0 Å². The number of nitrogens with zero attached hydrogens (tertiary/aromatic N) is 3. The van der Waals surface area contributed by atoms with Gasteiger partial charge >= 0.3 is 0 Å². The fourth-order valence-electron chi connectivity index (χ4n) is 2.37. The van der Waals surface area contributed by atoms with E-state index in [0.717, 1.165) is 22.4 Å². The average molecular weight is 313 g/mol. The van der Waals surface area contributed by atoms with Gasteiger partial charge in [0, 0.05) is 40.8 Å². The Bertz CT molecular complexity index is 748. The number of benzene rings is 1. The summed E-state index contributed by atoms with van der Waals surface area (Å²) in [4.78, 5) is 4.08. The van der Waals surface area contributed by atoms with Gasteiger partial charge in [-0.3, -0.25) is 9.67 Å². The minimum atomic E-state index is 0.0447. The van der Waals surface area contributed by atoms with Crippen LogP contribution in [0.25, 0.3) is 22.4 Å². The Morgan fingerprint density at radius 1 is 1.09 bits per heavy atom. The number of hydrogen-bond acceptors (Lipinski definition) is 3. The fraction of sp³-hybridized carbons (Fsp3) is 0.176. The van der Waals surface area contributed by atoms with Gasteiger partial charge in [-0.15, -0.1) is 0 Å². The summed E-state index contributed by atoms with van der Waals surface area (Å²) >= 11 is 5.98. The summed E-state index contributed by atoms with van der Waals surface area (Å²) < 4.78 is 1.89. The van der Waals surface area contributed by atoms with Crippen LogP contribution in [-0.4, -0.2) is 20.8 Å². The first kappa shape index (κ1) is 14.8. The first-order valence-electron chi connectivity index (χ1n) is 7.13. The van der Waals surface area contributed by atoms with Crippen LogP contribution in [0.4, 0.5) is 0 Å². The van der Waals surface area contributed by atoms with Crippen molar-refractivity contribution in [2.24, 2.45) is 5.73 Å². The monoisotopic (exact) mass is 312 g/mol. The summed E-state index contributed by atoms with van der Waals surface area (Å²) in [6.45, 7) is 2.64. The van der Waals surface area contributed by atoms with E-state index in [0.29, 0.717) is 11.6 Å². The minimum Gasteiger partial charge on any atom is -0.326 e. The van der Waals surface area contributed by atoms with E-state index in [1.54, 1.807) is 12.4 Å². The molecule has 1 aromatic carbocycles. The third kappa shape index (κ3) is 3.18. The molecule has 0 spiro atoms. The number of aromatic nitrogens is 3. The molecule has 3 rings (SSSR count). The number of halogens is 1.